The van der Waals surface area contributed by atoms with Crippen LogP contribution in [-0.4, -0.2) is 44.1 Å². The Hall–Kier alpha value is -1.59. The molecular weight excluding hydrogens is 361 g/mol. The molecule has 140 valence electrons. The third-order valence-corrected chi connectivity index (χ3v) is 3.74. The molecule has 0 fully saturated rings. The van der Waals surface area contributed by atoms with Crippen molar-refractivity contribution in [2.24, 2.45) is 0 Å². The van der Waals surface area contributed by atoms with Gasteiger partial charge in [-0.15, -0.1) is 0 Å². The maximum Gasteiger partial charge on any atom is 0.408 e. The largest absolute Gasteiger partial charge is 0.467 e. The average Bonchev–Trinajstić information content (AvgIpc) is 2.44. The van der Waals surface area contributed by atoms with E-state index in [1.807, 2.05) is 25.5 Å². The van der Waals surface area contributed by atoms with E-state index in [-0.39, 0.29) is 6.42 Å². The molecule has 0 aromatic heterocycles. The van der Waals surface area contributed by atoms with Gasteiger partial charge in [-0.25, -0.2) is 9.59 Å². The minimum absolute atomic E-state index is 0.276. The molecule has 1 rings (SSSR count). The maximum atomic E-state index is 11.9. The Morgan fingerprint density at radius 3 is 2.20 bits per heavy atom. The van der Waals surface area contributed by atoms with Gasteiger partial charge in [0.1, 0.15) is 23.7 Å². The van der Waals surface area contributed by atoms with Crippen molar-refractivity contribution in [2.75, 3.05) is 20.4 Å². The molecule has 0 heterocycles. The van der Waals surface area contributed by atoms with Crippen LogP contribution in [0.2, 0.25) is 0 Å². The molecule has 1 amide bonds. The smallest absolute Gasteiger partial charge is 0.408 e. The Kier molecular flexibility index (Phi) is 7.44. The highest BCUT2D eigenvalue weighted by Crippen LogP contribution is 2.39. The predicted octanol–water partition coefficient (Wildman–Crippen LogP) is 3.33. The summed E-state index contributed by atoms with van der Waals surface area (Å²) in [6, 6.07) is 6.41. The zero-order valence-corrected chi connectivity index (χ0v) is 17.2. The molecular formula is C17H26NO5PS. The van der Waals surface area contributed by atoms with Crippen LogP contribution in [0.4, 0.5) is 4.79 Å². The molecule has 0 saturated carbocycles. The Labute approximate surface area is 154 Å². The fourth-order valence-corrected chi connectivity index (χ4v) is 2.85. The molecule has 0 aliphatic carbocycles. The number of nitrogens with one attached hydrogen (secondary N) is 1. The number of hydrogen-bond donors (Lipinski definition) is 1. The standard InChI is InChI=1S/C17H26NO5PS/c1-17(2,3)22-16(20)18-14(15(19)21-4)11-12-7-9-13(10-8-12)23-24(5,6)25/h7-10,14H,11H2,1-6H3,(H,18,20)/t14-/m0/s1. The summed E-state index contributed by atoms with van der Waals surface area (Å²) in [4.78, 5) is 23.9. The molecule has 0 saturated heterocycles. The van der Waals surface area contributed by atoms with Crippen LogP contribution in [-0.2, 0) is 32.5 Å². The first-order valence-electron chi connectivity index (χ1n) is 7.80. The molecule has 0 spiro atoms. The van der Waals surface area contributed by atoms with Crippen molar-refractivity contribution in [3.05, 3.63) is 29.8 Å². The zero-order valence-electron chi connectivity index (χ0n) is 15.5. The van der Waals surface area contributed by atoms with Gasteiger partial charge in [0.05, 0.1) is 7.11 Å². The van der Waals surface area contributed by atoms with E-state index in [9.17, 15) is 9.59 Å². The van der Waals surface area contributed by atoms with Crippen molar-refractivity contribution < 1.29 is 23.6 Å². The highest BCUT2D eigenvalue weighted by atomic mass is 32.4. The van der Waals surface area contributed by atoms with Gasteiger partial charge >= 0.3 is 12.1 Å². The summed E-state index contributed by atoms with van der Waals surface area (Å²) in [6.45, 7) is 9.05. The van der Waals surface area contributed by atoms with Gasteiger partial charge in [-0.05, 0) is 51.8 Å². The lowest BCUT2D eigenvalue weighted by Crippen LogP contribution is -2.45. The van der Waals surface area contributed by atoms with Gasteiger partial charge in [-0.1, -0.05) is 23.9 Å². The summed E-state index contributed by atoms with van der Waals surface area (Å²) in [5, 5.41) is 2.55. The molecule has 0 radical (unpaired) electrons. The van der Waals surface area contributed by atoms with E-state index >= 15 is 0 Å². The van der Waals surface area contributed by atoms with Crippen LogP contribution in [0.5, 0.6) is 5.75 Å². The summed E-state index contributed by atoms with van der Waals surface area (Å²) in [7, 11) is 1.28. The number of amides is 1. The lowest BCUT2D eigenvalue weighted by molar-refractivity contribution is -0.143. The second kappa shape index (κ2) is 8.68. The van der Waals surface area contributed by atoms with Crippen LogP contribution in [0.25, 0.3) is 0 Å². The van der Waals surface area contributed by atoms with Gasteiger partial charge < -0.3 is 19.3 Å². The summed E-state index contributed by atoms with van der Waals surface area (Å²) in [5.41, 5.74) is 0.198. The number of hydrogen-bond acceptors (Lipinski definition) is 6. The monoisotopic (exact) mass is 387 g/mol. The molecule has 0 bridgehead atoms. The second-order valence-electron chi connectivity index (χ2n) is 6.91. The normalized spacial score (nSPS) is 12.9. The molecule has 1 atom stereocenters. The number of methoxy groups -OCH3 is 1. The van der Waals surface area contributed by atoms with Crippen LogP contribution in [0.15, 0.2) is 24.3 Å². The van der Waals surface area contributed by atoms with Gasteiger partial charge in [0.15, 0.2) is 0 Å². The quantitative estimate of drug-likeness (QED) is 0.596. The van der Waals surface area contributed by atoms with Crippen molar-refractivity contribution in [1.82, 2.24) is 5.32 Å². The number of benzene rings is 1. The van der Waals surface area contributed by atoms with Crippen LogP contribution >= 0.6 is 6.26 Å². The Morgan fingerprint density at radius 1 is 1.20 bits per heavy atom. The van der Waals surface area contributed by atoms with Crippen molar-refractivity contribution in [3.63, 3.8) is 0 Å². The number of alkyl carbamates (subject to hydrolysis) is 1. The molecule has 0 aliphatic heterocycles. The first kappa shape index (κ1) is 21.5. The van der Waals surface area contributed by atoms with Crippen LogP contribution in [0.3, 0.4) is 0 Å². The van der Waals surface area contributed by atoms with Crippen LogP contribution in [0.1, 0.15) is 26.3 Å². The molecule has 8 heteroatoms. The molecule has 25 heavy (non-hydrogen) atoms. The Morgan fingerprint density at radius 2 is 1.76 bits per heavy atom. The van der Waals surface area contributed by atoms with Gasteiger partial charge in [0.2, 0.25) is 0 Å². The van der Waals surface area contributed by atoms with Crippen molar-refractivity contribution in [3.8, 4) is 5.75 Å². The van der Waals surface area contributed by atoms with E-state index in [0.717, 1.165) is 5.56 Å². The Balaban J connectivity index is 2.80. The summed E-state index contributed by atoms with van der Waals surface area (Å²) < 4.78 is 15.6. The van der Waals surface area contributed by atoms with Gasteiger partial charge in [0, 0.05) is 6.42 Å². The van der Waals surface area contributed by atoms with Gasteiger partial charge in [0.25, 0.3) is 0 Å². The van der Waals surface area contributed by atoms with E-state index in [1.165, 1.54) is 7.11 Å². The Bertz CT molecular complexity index is 648. The second-order valence-corrected chi connectivity index (χ2v) is 12.2. The number of carbonyl (C=O) groups is 2. The number of ether oxygens (including phenoxy) is 2. The third kappa shape index (κ3) is 8.89. The third-order valence-electron chi connectivity index (χ3n) is 2.87. The average molecular weight is 387 g/mol. The van der Waals surface area contributed by atoms with Crippen molar-refractivity contribution >= 4 is 30.1 Å². The first-order valence-corrected chi connectivity index (χ1v) is 11.4. The molecule has 0 unspecified atom stereocenters. The lowest BCUT2D eigenvalue weighted by atomic mass is 10.1. The minimum atomic E-state index is -1.80. The van der Waals surface area contributed by atoms with Crippen LogP contribution in [0, 0.1) is 0 Å². The molecule has 1 aromatic carbocycles. The predicted molar refractivity (Wildman–Crippen MR) is 102 cm³/mol. The zero-order chi connectivity index (χ0) is 19.3. The summed E-state index contributed by atoms with van der Waals surface area (Å²) in [5.74, 6) is 0.149. The first-order chi connectivity index (χ1) is 11.4. The van der Waals surface area contributed by atoms with E-state index in [4.69, 9.17) is 25.8 Å². The SMILES string of the molecule is COC(=O)[C@H](Cc1ccc(OP(C)(C)=S)cc1)NC(=O)OC(C)(C)C. The highest BCUT2D eigenvalue weighted by Gasteiger charge is 2.25. The van der Waals surface area contributed by atoms with E-state index in [0.29, 0.717) is 5.75 Å². The molecule has 6 nitrogen and oxygen atoms in total. The minimum Gasteiger partial charge on any atom is -0.467 e. The number of rotatable bonds is 6. The maximum absolute atomic E-state index is 11.9. The van der Waals surface area contributed by atoms with E-state index < -0.39 is 30.0 Å². The highest BCUT2D eigenvalue weighted by molar-refractivity contribution is 8.11. The molecule has 0 aliphatic rings. The van der Waals surface area contributed by atoms with Crippen LogP contribution < -0.4 is 9.84 Å². The topological polar surface area (TPSA) is 73.9 Å². The van der Waals surface area contributed by atoms with Gasteiger partial charge in [-0.3, -0.25) is 0 Å². The lowest BCUT2D eigenvalue weighted by Gasteiger charge is -2.22. The van der Waals surface area contributed by atoms with Crippen molar-refractivity contribution in [1.29, 1.82) is 0 Å². The summed E-state index contributed by atoms with van der Waals surface area (Å²) in [6.07, 6.45) is -2.19. The van der Waals surface area contributed by atoms with E-state index in [1.54, 1.807) is 32.9 Å². The fourth-order valence-electron chi connectivity index (χ4n) is 1.96. The number of carbonyl (C=O) groups excluding carboxylic acids is 2. The van der Waals surface area contributed by atoms with E-state index in [2.05, 4.69) is 5.32 Å². The van der Waals surface area contributed by atoms with Crippen molar-refractivity contribution in [2.45, 2.75) is 38.8 Å². The number of esters is 1. The van der Waals surface area contributed by atoms with Gasteiger partial charge in [-0.2, -0.15) is 0 Å². The summed E-state index contributed by atoms with van der Waals surface area (Å²) >= 11 is 5.28. The fraction of sp³-hybridized carbons (Fsp3) is 0.529. The molecule has 1 N–H and O–H groups in total. The molecule has 1 aromatic rings.